The average molecular weight is 399 g/mol. The number of benzene rings is 2. The van der Waals surface area contributed by atoms with Gasteiger partial charge in [0, 0.05) is 51.7 Å². The van der Waals surface area contributed by atoms with Crippen molar-refractivity contribution >= 4 is 33.9 Å². The number of nitrogens with one attached hydrogen (secondary N) is 2. The van der Waals surface area contributed by atoms with Gasteiger partial charge in [-0.15, -0.1) is 0 Å². The Morgan fingerprint density at radius 2 is 1.87 bits per heavy atom. The summed E-state index contributed by atoms with van der Waals surface area (Å²) in [6.07, 6.45) is 6.87. The standard InChI is InChI=1S/C25H26N4O/c1-17-21(18-8-2-5-11-22(18)27-17)16-26-28-25(30)14-15-29-23-12-6-3-9-19(23)20-10-4-7-13-24(20)29/h2-3,5-6,8-9,11-12,16,27H,4,7,10,13-15H2,1H3,(H,28,30)/b26-16+. The number of rotatable bonds is 5. The highest BCUT2D eigenvalue weighted by molar-refractivity contribution is 6.00. The van der Waals surface area contributed by atoms with E-state index in [1.165, 1.54) is 35.0 Å². The smallest absolute Gasteiger partial charge is 0.241 e. The molecule has 0 radical (unpaired) electrons. The van der Waals surface area contributed by atoms with Crippen LogP contribution < -0.4 is 5.43 Å². The highest BCUT2D eigenvalue weighted by Crippen LogP contribution is 2.32. The number of H-pyrrole nitrogens is 1. The molecule has 4 aromatic rings. The Labute approximate surface area is 175 Å². The number of hydrazone groups is 1. The number of nitrogens with zero attached hydrogens (tertiary/aromatic N) is 2. The van der Waals surface area contributed by atoms with Crippen molar-refractivity contribution in [3.05, 3.63) is 71.0 Å². The topological polar surface area (TPSA) is 62.2 Å². The summed E-state index contributed by atoms with van der Waals surface area (Å²) in [6, 6.07) is 16.7. The van der Waals surface area contributed by atoms with Crippen LogP contribution in [0.25, 0.3) is 21.8 Å². The lowest BCUT2D eigenvalue weighted by Crippen LogP contribution is -2.20. The molecule has 5 rings (SSSR count). The van der Waals surface area contributed by atoms with Crippen LogP contribution in [0, 0.1) is 6.92 Å². The van der Waals surface area contributed by atoms with Gasteiger partial charge in [-0.2, -0.15) is 5.10 Å². The molecule has 1 aliphatic rings. The number of amides is 1. The van der Waals surface area contributed by atoms with E-state index in [1.807, 2.05) is 25.1 Å². The van der Waals surface area contributed by atoms with Gasteiger partial charge in [-0.1, -0.05) is 36.4 Å². The molecule has 0 spiro atoms. The third kappa shape index (κ3) is 3.30. The molecule has 0 aliphatic heterocycles. The van der Waals surface area contributed by atoms with Gasteiger partial charge in [-0.05, 0) is 50.3 Å². The van der Waals surface area contributed by atoms with Crippen LogP contribution in [0.15, 0.2) is 53.6 Å². The maximum absolute atomic E-state index is 12.5. The zero-order valence-corrected chi connectivity index (χ0v) is 17.2. The highest BCUT2D eigenvalue weighted by atomic mass is 16.2. The number of aryl methyl sites for hydroxylation is 3. The Balaban J connectivity index is 1.29. The van der Waals surface area contributed by atoms with Gasteiger partial charge >= 0.3 is 0 Å². The first-order chi connectivity index (χ1) is 14.7. The van der Waals surface area contributed by atoms with Crippen LogP contribution in [0.1, 0.15) is 41.8 Å². The summed E-state index contributed by atoms with van der Waals surface area (Å²) in [6.45, 7) is 2.70. The van der Waals surface area contributed by atoms with Crippen LogP contribution in [0.4, 0.5) is 0 Å². The van der Waals surface area contributed by atoms with Crippen molar-refractivity contribution in [2.45, 2.75) is 45.6 Å². The molecule has 5 nitrogen and oxygen atoms in total. The molecule has 2 aromatic heterocycles. The summed E-state index contributed by atoms with van der Waals surface area (Å²) in [5, 5.41) is 6.68. The van der Waals surface area contributed by atoms with Crippen LogP contribution in [-0.4, -0.2) is 21.7 Å². The van der Waals surface area contributed by atoms with Crippen LogP contribution in [0.2, 0.25) is 0 Å². The average Bonchev–Trinajstić information content (AvgIpc) is 3.27. The van der Waals surface area contributed by atoms with E-state index in [0.717, 1.165) is 35.0 Å². The normalized spacial score (nSPS) is 13.9. The minimum Gasteiger partial charge on any atom is -0.358 e. The second-order valence-electron chi connectivity index (χ2n) is 8.05. The minimum absolute atomic E-state index is 0.0638. The molecule has 2 N–H and O–H groups in total. The van der Waals surface area contributed by atoms with Gasteiger partial charge in [0.1, 0.15) is 0 Å². The molecule has 1 amide bonds. The molecule has 30 heavy (non-hydrogen) atoms. The highest BCUT2D eigenvalue weighted by Gasteiger charge is 2.19. The quantitative estimate of drug-likeness (QED) is 0.366. The van der Waals surface area contributed by atoms with E-state index in [2.05, 4.69) is 50.4 Å². The number of para-hydroxylation sites is 2. The van der Waals surface area contributed by atoms with Gasteiger partial charge in [0.05, 0.1) is 6.21 Å². The lowest BCUT2D eigenvalue weighted by atomic mass is 9.95. The van der Waals surface area contributed by atoms with Crippen LogP contribution in [-0.2, 0) is 24.2 Å². The van der Waals surface area contributed by atoms with Crippen molar-refractivity contribution in [1.82, 2.24) is 15.0 Å². The van der Waals surface area contributed by atoms with Crippen molar-refractivity contribution in [2.75, 3.05) is 0 Å². The van der Waals surface area contributed by atoms with E-state index < -0.39 is 0 Å². The number of carbonyl (C=O) groups is 1. The van der Waals surface area contributed by atoms with E-state index >= 15 is 0 Å². The SMILES string of the molecule is Cc1[nH]c2ccccc2c1/C=N/NC(=O)CCn1c2c(c3ccccc31)CCCC2. The van der Waals surface area contributed by atoms with Crippen molar-refractivity contribution in [2.24, 2.45) is 5.10 Å². The second kappa shape index (κ2) is 7.82. The molecule has 0 saturated heterocycles. The molecule has 0 saturated carbocycles. The molecule has 0 atom stereocenters. The molecular formula is C25H26N4O. The first-order valence-corrected chi connectivity index (χ1v) is 10.7. The van der Waals surface area contributed by atoms with Crippen molar-refractivity contribution in [3.8, 4) is 0 Å². The lowest BCUT2D eigenvalue weighted by molar-refractivity contribution is -0.121. The summed E-state index contributed by atoms with van der Waals surface area (Å²) in [7, 11) is 0. The number of hydrogen-bond acceptors (Lipinski definition) is 2. The van der Waals surface area contributed by atoms with Crippen LogP contribution in [0.3, 0.4) is 0 Å². The van der Waals surface area contributed by atoms with Gasteiger partial charge in [-0.3, -0.25) is 4.79 Å². The van der Waals surface area contributed by atoms with E-state index in [9.17, 15) is 4.79 Å². The maximum atomic E-state index is 12.5. The molecule has 1 aliphatic carbocycles. The number of hydrogen-bond donors (Lipinski definition) is 2. The lowest BCUT2D eigenvalue weighted by Gasteiger charge is -2.15. The van der Waals surface area contributed by atoms with Crippen molar-refractivity contribution in [3.63, 3.8) is 0 Å². The Morgan fingerprint density at radius 3 is 2.77 bits per heavy atom. The molecule has 0 unspecified atom stereocenters. The number of carbonyl (C=O) groups excluding carboxylic acids is 1. The summed E-state index contributed by atoms with van der Waals surface area (Å²) < 4.78 is 2.34. The van der Waals surface area contributed by atoms with Gasteiger partial charge in [-0.25, -0.2) is 5.43 Å². The Morgan fingerprint density at radius 1 is 1.10 bits per heavy atom. The molecule has 0 bridgehead atoms. The fourth-order valence-corrected chi connectivity index (χ4v) is 4.75. The van der Waals surface area contributed by atoms with E-state index in [1.54, 1.807) is 6.21 Å². The largest absolute Gasteiger partial charge is 0.358 e. The first kappa shape index (κ1) is 18.7. The Hall–Kier alpha value is -3.34. The number of aromatic nitrogens is 2. The summed E-state index contributed by atoms with van der Waals surface area (Å²) >= 11 is 0. The van der Waals surface area contributed by atoms with E-state index in [4.69, 9.17) is 0 Å². The number of fused-ring (bicyclic) bond motifs is 4. The van der Waals surface area contributed by atoms with Crippen LogP contribution in [0.5, 0.6) is 0 Å². The molecular weight excluding hydrogens is 372 g/mol. The van der Waals surface area contributed by atoms with Crippen molar-refractivity contribution < 1.29 is 4.79 Å². The third-order valence-corrected chi connectivity index (χ3v) is 6.17. The molecule has 2 aromatic carbocycles. The predicted molar refractivity (Wildman–Crippen MR) is 122 cm³/mol. The number of aromatic amines is 1. The van der Waals surface area contributed by atoms with Crippen molar-refractivity contribution in [1.29, 1.82) is 0 Å². The minimum atomic E-state index is -0.0638. The van der Waals surface area contributed by atoms with Gasteiger partial charge < -0.3 is 9.55 Å². The van der Waals surface area contributed by atoms with E-state index in [0.29, 0.717) is 13.0 Å². The van der Waals surface area contributed by atoms with Gasteiger partial charge in [0.2, 0.25) is 5.91 Å². The van der Waals surface area contributed by atoms with Gasteiger partial charge in [0.15, 0.2) is 0 Å². The van der Waals surface area contributed by atoms with E-state index in [-0.39, 0.29) is 5.91 Å². The Kier molecular flexibility index (Phi) is 4.87. The maximum Gasteiger partial charge on any atom is 0.241 e. The molecule has 2 heterocycles. The van der Waals surface area contributed by atoms with Crippen LogP contribution >= 0.6 is 0 Å². The fraction of sp³-hybridized carbons (Fsp3) is 0.280. The summed E-state index contributed by atoms with van der Waals surface area (Å²) in [5.74, 6) is -0.0638. The summed E-state index contributed by atoms with van der Waals surface area (Å²) in [4.78, 5) is 15.8. The molecule has 0 fully saturated rings. The third-order valence-electron chi connectivity index (χ3n) is 6.17. The van der Waals surface area contributed by atoms with Gasteiger partial charge in [0.25, 0.3) is 0 Å². The zero-order chi connectivity index (χ0) is 20.5. The molecule has 152 valence electrons. The predicted octanol–water partition coefficient (Wildman–Crippen LogP) is 4.85. The summed E-state index contributed by atoms with van der Waals surface area (Å²) in [5.41, 5.74) is 9.97. The first-order valence-electron chi connectivity index (χ1n) is 10.7. The fourth-order valence-electron chi connectivity index (χ4n) is 4.75. The Bertz CT molecular complexity index is 1260. The second-order valence-corrected chi connectivity index (χ2v) is 8.05. The molecule has 5 heteroatoms. The zero-order valence-electron chi connectivity index (χ0n) is 17.2. The monoisotopic (exact) mass is 398 g/mol.